The maximum absolute atomic E-state index is 12.2. The van der Waals surface area contributed by atoms with Crippen LogP contribution in [0.4, 0.5) is 5.69 Å². The zero-order valence-electron chi connectivity index (χ0n) is 13.5. The van der Waals surface area contributed by atoms with E-state index < -0.39 is 5.97 Å². The minimum absolute atomic E-state index is 0.0237. The van der Waals surface area contributed by atoms with Crippen LogP contribution in [0.25, 0.3) is 6.08 Å². The maximum Gasteiger partial charge on any atom is 0.328 e. The van der Waals surface area contributed by atoms with Crippen LogP contribution in [0.2, 0.25) is 0 Å². The third-order valence-corrected chi connectivity index (χ3v) is 3.26. The number of carbonyl (C=O) groups is 2. The van der Waals surface area contributed by atoms with Gasteiger partial charge >= 0.3 is 5.97 Å². The van der Waals surface area contributed by atoms with Gasteiger partial charge in [-0.1, -0.05) is 13.8 Å². The number of amides is 1. The summed E-state index contributed by atoms with van der Waals surface area (Å²) in [6, 6.07) is 3.46. The molecule has 0 aromatic heterocycles. The predicted octanol–water partition coefficient (Wildman–Crippen LogP) is 2.56. The number of aliphatic carboxylic acids is 1. The summed E-state index contributed by atoms with van der Waals surface area (Å²) < 4.78 is 11.2. The van der Waals surface area contributed by atoms with Crippen LogP contribution in [0.3, 0.4) is 0 Å². The average molecular weight is 319 g/mol. The second kappa shape index (κ2) is 7.17. The topological polar surface area (TPSA) is 76.1 Å². The lowest BCUT2D eigenvalue weighted by Gasteiger charge is -2.32. The highest BCUT2D eigenvalue weighted by Crippen LogP contribution is 2.42. The molecule has 23 heavy (non-hydrogen) atoms. The molecule has 1 heterocycles. The zero-order chi connectivity index (χ0) is 17.0. The summed E-state index contributed by atoms with van der Waals surface area (Å²) in [5.41, 5.74) is 1.26. The van der Waals surface area contributed by atoms with Crippen molar-refractivity contribution in [2.45, 2.75) is 20.8 Å². The molecule has 0 saturated carbocycles. The number of hydrogen-bond donors (Lipinski definition) is 1. The van der Waals surface area contributed by atoms with E-state index in [-0.39, 0.29) is 12.5 Å². The molecule has 0 fully saturated rings. The van der Waals surface area contributed by atoms with E-state index in [1.807, 2.05) is 20.8 Å². The van der Waals surface area contributed by atoms with Crippen LogP contribution in [-0.2, 0) is 9.59 Å². The molecule has 6 nitrogen and oxygen atoms in total. The van der Waals surface area contributed by atoms with E-state index in [1.54, 1.807) is 17.0 Å². The molecule has 1 N–H and O–H groups in total. The summed E-state index contributed by atoms with van der Waals surface area (Å²) in [5.74, 6) is 0.176. The summed E-state index contributed by atoms with van der Waals surface area (Å²) in [4.78, 5) is 24.6. The second-order valence-corrected chi connectivity index (χ2v) is 5.66. The fourth-order valence-electron chi connectivity index (χ4n) is 2.39. The molecule has 1 aromatic rings. The number of carboxylic acids is 1. The average Bonchev–Trinajstić information content (AvgIpc) is 2.48. The number of nitrogens with zero attached hydrogens (tertiary/aromatic N) is 1. The highest BCUT2D eigenvalue weighted by molar-refractivity contribution is 5.99. The lowest BCUT2D eigenvalue weighted by atomic mass is 10.1. The SMILES string of the molecule is CCOc1cc(/C=C/C(=O)O)cc2c1OCC(=O)N2CC(C)C. The van der Waals surface area contributed by atoms with Crippen molar-refractivity contribution >= 4 is 23.6 Å². The minimum Gasteiger partial charge on any atom is -0.490 e. The van der Waals surface area contributed by atoms with E-state index in [0.717, 1.165) is 6.08 Å². The Kier molecular flexibility index (Phi) is 5.26. The Morgan fingerprint density at radius 1 is 1.48 bits per heavy atom. The van der Waals surface area contributed by atoms with E-state index in [4.69, 9.17) is 14.6 Å². The molecule has 0 spiro atoms. The molecule has 124 valence electrons. The van der Waals surface area contributed by atoms with E-state index in [9.17, 15) is 9.59 Å². The third-order valence-electron chi connectivity index (χ3n) is 3.26. The first-order valence-corrected chi connectivity index (χ1v) is 7.57. The Bertz CT molecular complexity index is 636. The van der Waals surface area contributed by atoms with E-state index >= 15 is 0 Å². The van der Waals surface area contributed by atoms with Gasteiger partial charge in [0.1, 0.15) is 0 Å². The number of rotatable bonds is 6. The number of carboxylic acid groups (broad SMARTS) is 1. The van der Waals surface area contributed by atoms with E-state index in [1.165, 1.54) is 6.08 Å². The summed E-state index contributed by atoms with van der Waals surface area (Å²) in [7, 11) is 0. The monoisotopic (exact) mass is 319 g/mol. The minimum atomic E-state index is -1.04. The first kappa shape index (κ1) is 16.9. The molecule has 0 bridgehead atoms. The van der Waals surface area contributed by atoms with Gasteiger partial charge in [-0.3, -0.25) is 4.79 Å². The van der Waals surface area contributed by atoms with Gasteiger partial charge in [0.25, 0.3) is 5.91 Å². The van der Waals surface area contributed by atoms with Crippen LogP contribution in [0.1, 0.15) is 26.3 Å². The second-order valence-electron chi connectivity index (χ2n) is 5.66. The molecule has 6 heteroatoms. The van der Waals surface area contributed by atoms with Crippen LogP contribution < -0.4 is 14.4 Å². The Labute approximate surface area is 135 Å². The summed E-state index contributed by atoms with van der Waals surface area (Å²) >= 11 is 0. The molecule has 0 aliphatic carbocycles. The fraction of sp³-hybridized carbons (Fsp3) is 0.412. The summed E-state index contributed by atoms with van der Waals surface area (Å²) in [6.45, 7) is 6.89. The van der Waals surface area contributed by atoms with Crippen LogP contribution in [0, 0.1) is 5.92 Å². The van der Waals surface area contributed by atoms with E-state index in [2.05, 4.69) is 0 Å². The molecule has 1 amide bonds. The fourth-order valence-corrected chi connectivity index (χ4v) is 2.39. The summed E-state index contributed by atoms with van der Waals surface area (Å²) in [5, 5.41) is 8.79. The predicted molar refractivity (Wildman–Crippen MR) is 87.0 cm³/mol. The molecule has 0 atom stereocenters. The van der Waals surface area contributed by atoms with Crippen LogP contribution in [-0.4, -0.2) is 36.7 Å². The van der Waals surface area contributed by atoms with Crippen molar-refractivity contribution in [2.75, 3.05) is 24.7 Å². The van der Waals surface area contributed by atoms with Gasteiger partial charge in [-0.15, -0.1) is 0 Å². The Morgan fingerprint density at radius 3 is 2.83 bits per heavy atom. The van der Waals surface area contributed by atoms with Crippen molar-refractivity contribution in [2.24, 2.45) is 5.92 Å². The molecule has 0 saturated heterocycles. The first-order valence-electron chi connectivity index (χ1n) is 7.57. The van der Waals surface area contributed by atoms with Crippen molar-refractivity contribution in [3.63, 3.8) is 0 Å². The Morgan fingerprint density at radius 2 is 2.22 bits per heavy atom. The van der Waals surface area contributed by atoms with Gasteiger partial charge in [-0.2, -0.15) is 0 Å². The van der Waals surface area contributed by atoms with Gasteiger partial charge in [-0.25, -0.2) is 4.79 Å². The van der Waals surface area contributed by atoms with Crippen molar-refractivity contribution in [1.29, 1.82) is 0 Å². The van der Waals surface area contributed by atoms with Gasteiger partial charge in [-0.05, 0) is 36.6 Å². The van der Waals surface area contributed by atoms with Gasteiger partial charge < -0.3 is 19.5 Å². The standard InChI is InChI=1S/C17H21NO5/c1-4-22-14-8-12(5-6-16(20)21)7-13-17(14)23-10-15(19)18(13)9-11(2)3/h5-8,11H,4,9-10H2,1-3H3,(H,20,21)/b6-5+. The quantitative estimate of drug-likeness (QED) is 0.816. The molecule has 1 aliphatic rings. The molecule has 0 unspecified atom stereocenters. The number of fused-ring (bicyclic) bond motifs is 1. The highest BCUT2D eigenvalue weighted by Gasteiger charge is 2.29. The van der Waals surface area contributed by atoms with Crippen LogP contribution in [0.15, 0.2) is 18.2 Å². The highest BCUT2D eigenvalue weighted by atomic mass is 16.5. The lowest BCUT2D eigenvalue weighted by Crippen LogP contribution is -2.41. The van der Waals surface area contributed by atoms with Gasteiger partial charge in [0.2, 0.25) is 0 Å². The van der Waals surface area contributed by atoms with Crippen LogP contribution in [0.5, 0.6) is 11.5 Å². The van der Waals surface area contributed by atoms with Gasteiger partial charge in [0, 0.05) is 12.6 Å². The molecular weight excluding hydrogens is 298 g/mol. The van der Waals surface area contributed by atoms with Crippen LogP contribution >= 0.6 is 0 Å². The normalized spacial score (nSPS) is 14.1. The van der Waals surface area contributed by atoms with Crippen molar-refractivity contribution in [1.82, 2.24) is 0 Å². The lowest BCUT2D eigenvalue weighted by molar-refractivity contribution is -0.131. The largest absolute Gasteiger partial charge is 0.490 e. The summed E-state index contributed by atoms with van der Waals surface area (Å²) in [6.07, 6.45) is 2.52. The molecular formula is C17H21NO5. The molecule has 1 aliphatic heterocycles. The first-order chi connectivity index (χ1) is 10.9. The number of anilines is 1. The number of carbonyl (C=O) groups excluding carboxylic acids is 1. The zero-order valence-corrected chi connectivity index (χ0v) is 13.5. The molecule has 0 radical (unpaired) electrons. The van der Waals surface area contributed by atoms with E-state index in [0.29, 0.717) is 41.8 Å². The Balaban J connectivity index is 2.51. The smallest absolute Gasteiger partial charge is 0.328 e. The third kappa shape index (κ3) is 4.03. The van der Waals surface area contributed by atoms with Crippen molar-refractivity contribution in [3.05, 3.63) is 23.8 Å². The van der Waals surface area contributed by atoms with Gasteiger partial charge in [0.05, 0.1) is 12.3 Å². The number of benzene rings is 1. The maximum atomic E-state index is 12.2. The van der Waals surface area contributed by atoms with Crippen molar-refractivity contribution < 1.29 is 24.2 Å². The van der Waals surface area contributed by atoms with Gasteiger partial charge in [0.15, 0.2) is 18.1 Å². The number of hydrogen-bond acceptors (Lipinski definition) is 4. The Hall–Kier alpha value is -2.50. The molecule has 2 rings (SSSR count). The number of ether oxygens (including phenoxy) is 2. The molecule has 1 aromatic carbocycles. The van der Waals surface area contributed by atoms with Crippen molar-refractivity contribution in [3.8, 4) is 11.5 Å².